The predicted molar refractivity (Wildman–Crippen MR) is 103 cm³/mol. The van der Waals surface area contributed by atoms with E-state index in [0.717, 1.165) is 0 Å². The van der Waals surface area contributed by atoms with E-state index in [2.05, 4.69) is 45.8 Å². The van der Waals surface area contributed by atoms with Gasteiger partial charge >= 0.3 is 24.3 Å². The van der Waals surface area contributed by atoms with Crippen LogP contribution in [0.1, 0.15) is 6.92 Å². The Hall–Kier alpha value is -2.79. The van der Waals surface area contributed by atoms with Crippen molar-refractivity contribution < 1.29 is 69.5 Å². The molecule has 11 nitrogen and oxygen atoms in total. The largest absolute Gasteiger partial charge is 0.460 e. The number of esters is 1. The predicted octanol–water partition coefficient (Wildman–Crippen LogP) is 2.51. The van der Waals surface area contributed by atoms with Gasteiger partial charge in [-0.05, 0) is 11.4 Å². The Balaban J connectivity index is -0.000000444. The average molecular weight is 518 g/mol. The number of amides is 2. The summed E-state index contributed by atoms with van der Waals surface area (Å²) in [5.74, 6) is -0.520. The number of carbonyl (C=O) groups is 3. The van der Waals surface area contributed by atoms with Gasteiger partial charge in [-0.1, -0.05) is 6.58 Å². The lowest BCUT2D eigenvalue weighted by atomic mass is 10.4. The SMILES string of the molecule is C=C(C)C(=O)OCCNC(=O)OCCF.COCCNC(=O)OCF.FCOC(F)(F)COF. The van der Waals surface area contributed by atoms with Crippen molar-refractivity contribution in [3.8, 4) is 0 Å². The van der Waals surface area contributed by atoms with Gasteiger partial charge in [0.15, 0.2) is 13.5 Å². The second kappa shape index (κ2) is 24.8. The van der Waals surface area contributed by atoms with Crippen LogP contribution in [-0.4, -0.2) is 91.3 Å². The summed E-state index contributed by atoms with van der Waals surface area (Å²) in [4.78, 5) is 34.4. The second-order valence-corrected chi connectivity index (χ2v) is 5.27. The van der Waals surface area contributed by atoms with E-state index in [0.29, 0.717) is 13.2 Å². The quantitative estimate of drug-likeness (QED) is 0.117. The number of hydrogen-bond acceptors (Lipinski definition) is 9. The van der Waals surface area contributed by atoms with Crippen LogP contribution in [0.5, 0.6) is 0 Å². The summed E-state index contributed by atoms with van der Waals surface area (Å²) in [6, 6.07) is 0. The summed E-state index contributed by atoms with van der Waals surface area (Å²) in [7, 11) is 1.50. The molecular formula is C17H28F6N2O9. The number of carbonyl (C=O) groups excluding carboxylic acids is 3. The van der Waals surface area contributed by atoms with Crippen molar-refractivity contribution in [2.75, 3.05) is 67.0 Å². The molecule has 0 aliphatic carbocycles. The number of nitrogens with one attached hydrogen (secondary N) is 2. The molecule has 0 aromatic heterocycles. The number of alkyl halides is 5. The lowest BCUT2D eigenvalue weighted by Gasteiger charge is -2.10. The summed E-state index contributed by atoms with van der Waals surface area (Å²) in [6.07, 6.45) is -5.37. The highest BCUT2D eigenvalue weighted by Crippen LogP contribution is 2.15. The van der Waals surface area contributed by atoms with Gasteiger partial charge < -0.3 is 29.6 Å². The van der Waals surface area contributed by atoms with Crippen LogP contribution in [-0.2, 0) is 33.4 Å². The van der Waals surface area contributed by atoms with Crippen molar-refractivity contribution in [1.82, 2.24) is 10.6 Å². The normalized spacial score (nSPS) is 9.88. The van der Waals surface area contributed by atoms with E-state index < -0.39 is 51.3 Å². The number of methoxy groups -OCH3 is 1. The lowest BCUT2D eigenvalue weighted by molar-refractivity contribution is -0.312. The molecule has 17 heteroatoms. The molecule has 0 spiro atoms. The molecule has 0 unspecified atom stereocenters. The minimum Gasteiger partial charge on any atom is -0.460 e. The van der Waals surface area contributed by atoms with E-state index in [1.54, 1.807) is 0 Å². The Morgan fingerprint density at radius 1 is 0.882 bits per heavy atom. The number of alkyl carbamates (subject to hydrolysis) is 2. The molecule has 2 N–H and O–H groups in total. The topological polar surface area (TPSA) is 131 Å². The fourth-order valence-corrected chi connectivity index (χ4v) is 1.14. The third kappa shape index (κ3) is 29.2. The highest BCUT2D eigenvalue weighted by atomic mass is 19.3. The molecule has 0 saturated heterocycles. The van der Waals surface area contributed by atoms with Gasteiger partial charge in [-0.2, -0.15) is 13.7 Å². The highest BCUT2D eigenvalue weighted by molar-refractivity contribution is 5.86. The van der Waals surface area contributed by atoms with E-state index in [1.165, 1.54) is 14.0 Å². The van der Waals surface area contributed by atoms with Gasteiger partial charge in [0, 0.05) is 19.2 Å². The van der Waals surface area contributed by atoms with Crippen LogP contribution in [0, 0.1) is 0 Å². The molecule has 0 heterocycles. The number of rotatable bonds is 14. The smallest absolute Gasteiger partial charge is 0.409 e. The molecule has 34 heavy (non-hydrogen) atoms. The van der Waals surface area contributed by atoms with Gasteiger partial charge in [0.05, 0.1) is 13.2 Å². The minimum atomic E-state index is -3.87. The zero-order valence-electron chi connectivity index (χ0n) is 18.5. The Labute approximate surface area is 191 Å². The second-order valence-electron chi connectivity index (χ2n) is 5.27. The van der Waals surface area contributed by atoms with Crippen LogP contribution >= 0.6 is 0 Å². The van der Waals surface area contributed by atoms with Crippen molar-refractivity contribution in [2.24, 2.45) is 0 Å². The standard InChI is InChI=1S/C9H14FNO4.C5H10FNO3.C3H4F4O2/c1-7(2)8(12)14-6-4-11-9(13)15-5-3-10;1-9-3-2-7-5(8)10-4-6;4-2-8-3(5,6)1-9-7/h1,3-6H2,2H3,(H,11,13);2-4H2,1H3,(H,7,8);1-2H2. The summed E-state index contributed by atoms with van der Waals surface area (Å²) in [5, 5.41) is 4.54. The summed E-state index contributed by atoms with van der Waals surface area (Å²) >= 11 is 0. The molecule has 0 radical (unpaired) electrons. The van der Waals surface area contributed by atoms with Crippen molar-refractivity contribution >= 4 is 18.2 Å². The molecule has 0 saturated carbocycles. The maximum absolute atomic E-state index is 11.6. The molecule has 0 aromatic rings. The molecule has 0 aromatic carbocycles. The van der Waals surface area contributed by atoms with E-state index in [9.17, 15) is 40.9 Å². The van der Waals surface area contributed by atoms with Gasteiger partial charge in [0.2, 0.25) is 6.86 Å². The van der Waals surface area contributed by atoms with E-state index >= 15 is 0 Å². The van der Waals surface area contributed by atoms with Crippen molar-refractivity contribution in [3.05, 3.63) is 12.2 Å². The fraction of sp³-hybridized carbons (Fsp3) is 0.706. The first-order valence-corrected chi connectivity index (χ1v) is 9.07. The first kappa shape index (κ1) is 35.8. The Morgan fingerprint density at radius 2 is 1.44 bits per heavy atom. The maximum atomic E-state index is 11.6. The first-order valence-electron chi connectivity index (χ1n) is 9.07. The third-order valence-electron chi connectivity index (χ3n) is 2.51. The van der Waals surface area contributed by atoms with Crippen LogP contribution in [0.4, 0.5) is 36.1 Å². The highest BCUT2D eigenvalue weighted by Gasteiger charge is 2.31. The third-order valence-corrected chi connectivity index (χ3v) is 2.51. The molecule has 202 valence electrons. The summed E-state index contributed by atoms with van der Waals surface area (Å²) < 4.78 is 88.2. The van der Waals surface area contributed by atoms with E-state index in [-0.39, 0.29) is 25.3 Å². The molecule has 0 fully saturated rings. The van der Waals surface area contributed by atoms with Crippen LogP contribution < -0.4 is 10.6 Å². The molecule has 0 rings (SSSR count). The molecule has 0 aliphatic rings. The number of hydrogen-bond donors (Lipinski definition) is 2. The van der Waals surface area contributed by atoms with Gasteiger partial charge in [-0.15, -0.1) is 0 Å². The van der Waals surface area contributed by atoms with Crippen LogP contribution in [0.2, 0.25) is 0 Å². The van der Waals surface area contributed by atoms with Gasteiger partial charge in [0.25, 0.3) is 0 Å². The molecule has 0 aliphatic heterocycles. The van der Waals surface area contributed by atoms with Gasteiger partial charge in [-0.25, -0.2) is 27.6 Å². The zero-order chi connectivity index (χ0) is 26.8. The fourth-order valence-electron chi connectivity index (χ4n) is 1.14. The van der Waals surface area contributed by atoms with Crippen LogP contribution in [0.15, 0.2) is 12.2 Å². The molecule has 0 atom stereocenters. The number of halogens is 6. The van der Waals surface area contributed by atoms with Crippen LogP contribution in [0.25, 0.3) is 0 Å². The van der Waals surface area contributed by atoms with Gasteiger partial charge in [-0.3, -0.25) is 4.74 Å². The molecule has 0 bridgehead atoms. The minimum absolute atomic E-state index is 0.0242. The lowest BCUT2D eigenvalue weighted by Crippen LogP contribution is -2.29. The Kier molecular flexibility index (Phi) is 26.2. The maximum Gasteiger partial charge on any atom is 0.409 e. The van der Waals surface area contributed by atoms with Crippen molar-refractivity contribution in [1.29, 1.82) is 0 Å². The molecule has 2 amide bonds. The Bertz CT molecular complexity index is 552. The Morgan fingerprint density at radius 3 is 1.88 bits per heavy atom. The monoisotopic (exact) mass is 518 g/mol. The molecular weight excluding hydrogens is 490 g/mol. The van der Waals surface area contributed by atoms with E-state index in [1.807, 2.05) is 0 Å². The first-order chi connectivity index (χ1) is 16.0. The van der Waals surface area contributed by atoms with Gasteiger partial charge in [0.1, 0.15) is 19.9 Å². The summed E-state index contributed by atoms with van der Waals surface area (Å²) in [6.45, 7) is 0.399. The zero-order valence-corrected chi connectivity index (χ0v) is 18.5. The van der Waals surface area contributed by atoms with Crippen molar-refractivity contribution in [3.63, 3.8) is 0 Å². The van der Waals surface area contributed by atoms with Crippen molar-refractivity contribution in [2.45, 2.75) is 13.0 Å². The van der Waals surface area contributed by atoms with Crippen LogP contribution in [0.3, 0.4) is 0 Å². The van der Waals surface area contributed by atoms with E-state index in [4.69, 9.17) is 0 Å². The average Bonchev–Trinajstić information content (AvgIpc) is 2.76. The summed E-state index contributed by atoms with van der Waals surface area (Å²) in [5.41, 5.74) is 0.287. The number of ether oxygens (including phenoxy) is 5.